The topological polar surface area (TPSA) is 30.5 Å². The molecule has 0 aliphatic heterocycles. The Balaban J connectivity index is 2.11. The van der Waals surface area contributed by atoms with E-state index in [0.29, 0.717) is 30.7 Å². The number of rotatable bonds is 7. The van der Waals surface area contributed by atoms with Gasteiger partial charge in [-0.15, -0.1) is 0 Å². The highest BCUT2D eigenvalue weighted by Gasteiger charge is 1.97. The Hall–Kier alpha value is -1.81. The maximum absolute atomic E-state index is 5.28. The van der Waals surface area contributed by atoms with Crippen LogP contribution in [-0.4, -0.2) is 18.4 Å². The average Bonchev–Trinajstić information content (AvgIpc) is 2.42. The van der Waals surface area contributed by atoms with E-state index in [9.17, 15) is 0 Å². The lowest BCUT2D eigenvalue weighted by Crippen LogP contribution is -2.24. The van der Waals surface area contributed by atoms with Gasteiger partial charge >= 0.3 is 0 Å². The first-order chi connectivity index (χ1) is 8.72. The van der Waals surface area contributed by atoms with Gasteiger partial charge in [-0.05, 0) is 23.9 Å². The van der Waals surface area contributed by atoms with Crippen LogP contribution in [-0.2, 0) is 16.0 Å². The van der Waals surface area contributed by atoms with Crippen molar-refractivity contribution in [2.75, 3.05) is 13.2 Å². The highest BCUT2D eigenvalue weighted by atomic mass is 32.1. The first-order valence-corrected chi connectivity index (χ1v) is 6.02. The number of allylic oxidation sites excluding steroid dienone is 1. The Morgan fingerprint density at radius 3 is 2.56 bits per heavy atom. The van der Waals surface area contributed by atoms with Crippen LogP contribution in [0.4, 0.5) is 0 Å². The largest absolute Gasteiger partial charge is 0.491 e. The van der Waals surface area contributed by atoms with E-state index in [2.05, 4.69) is 18.5 Å². The fourth-order valence-electron chi connectivity index (χ4n) is 1.19. The van der Waals surface area contributed by atoms with Crippen molar-refractivity contribution >= 4 is 17.4 Å². The minimum absolute atomic E-state index is 0.367. The Morgan fingerprint density at radius 2 is 1.89 bits per heavy atom. The van der Waals surface area contributed by atoms with Crippen LogP contribution in [0.3, 0.4) is 0 Å². The van der Waals surface area contributed by atoms with Crippen LogP contribution in [0.1, 0.15) is 5.56 Å². The highest BCUT2D eigenvalue weighted by molar-refractivity contribution is 7.80. The number of ether oxygens (including phenoxy) is 2. The zero-order chi connectivity index (χ0) is 13.2. The van der Waals surface area contributed by atoms with Gasteiger partial charge < -0.3 is 14.8 Å². The number of nitrogens with one attached hydrogen (secondary N) is 1. The van der Waals surface area contributed by atoms with Crippen LogP contribution in [0.5, 0.6) is 0 Å². The first-order valence-electron chi connectivity index (χ1n) is 5.61. The molecule has 0 aliphatic carbocycles. The molecule has 0 fully saturated rings. The molecule has 18 heavy (non-hydrogen) atoms. The standard InChI is InChI=1S/C14H17NO2S/c1-3-12(2)16-9-10-17-14(18)15-11-13-7-5-4-6-8-13/h3-8H,1-2,9-11H2,(H,15,18). The third kappa shape index (κ3) is 6.06. The van der Waals surface area contributed by atoms with Crippen LogP contribution in [0.15, 0.2) is 55.3 Å². The minimum Gasteiger partial charge on any atom is -0.491 e. The molecule has 0 unspecified atom stereocenters. The van der Waals surface area contributed by atoms with E-state index in [-0.39, 0.29) is 0 Å². The smallest absolute Gasteiger partial charge is 0.257 e. The zero-order valence-corrected chi connectivity index (χ0v) is 11.0. The minimum atomic E-state index is 0.367. The molecule has 1 N–H and O–H groups in total. The van der Waals surface area contributed by atoms with Gasteiger partial charge in [0.1, 0.15) is 19.0 Å². The third-order valence-corrected chi connectivity index (χ3v) is 2.37. The lowest BCUT2D eigenvalue weighted by molar-refractivity contribution is 0.158. The van der Waals surface area contributed by atoms with Gasteiger partial charge in [0, 0.05) is 6.54 Å². The Labute approximate surface area is 113 Å². The van der Waals surface area contributed by atoms with Crippen molar-refractivity contribution in [1.29, 1.82) is 0 Å². The number of hydrogen-bond acceptors (Lipinski definition) is 3. The number of hydrogen-bond donors (Lipinski definition) is 1. The highest BCUT2D eigenvalue weighted by Crippen LogP contribution is 1.98. The van der Waals surface area contributed by atoms with Gasteiger partial charge in [-0.1, -0.05) is 43.5 Å². The molecule has 1 rings (SSSR count). The van der Waals surface area contributed by atoms with Crippen molar-refractivity contribution in [1.82, 2.24) is 5.32 Å². The molecule has 0 aromatic heterocycles. The van der Waals surface area contributed by atoms with Gasteiger partial charge in [-0.3, -0.25) is 0 Å². The van der Waals surface area contributed by atoms with Crippen molar-refractivity contribution < 1.29 is 9.47 Å². The van der Waals surface area contributed by atoms with Gasteiger partial charge in [-0.25, -0.2) is 0 Å². The third-order valence-electron chi connectivity index (χ3n) is 2.11. The molecular weight excluding hydrogens is 246 g/mol. The van der Waals surface area contributed by atoms with Crippen LogP contribution in [0.2, 0.25) is 0 Å². The molecule has 0 bridgehead atoms. The number of benzene rings is 1. The lowest BCUT2D eigenvalue weighted by atomic mass is 10.2. The van der Waals surface area contributed by atoms with Crippen molar-refractivity contribution in [2.45, 2.75) is 6.54 Å². The van der Waals surface area contributed by atoms with Gasteiger partial charge in [0.15, 0.2) is 0 Å². The molecule has 0 radical (unpaired) electrons. The fraction of sp³-hybridized carbons (Fsp3) is 0.214. The molecule has 0 saturated carbocycles. The van der Waals surface area contributed by atoms with Gasteiger partial charge in [-0.2, -0.15) is 0 Å². The summed E-state index contributed by atoms with van der Waals surface area (Å²) in [5.41, 5.74) is 1.15. The molecule has 3 nitrogen and oxygen atoms in total. The molecule has 96 valence electrons. The second-order valence-corrected chi connectivity index (χ2v) is 3.86. The van der Waals surface area contributed by atoms with Crippen molar-refractivity contribution in [2.24, 2.45) is 0 Å². The molecular formula is C14H17NO2S. The summed E-state index contributed by atoms with van der Waals surface area (Å²) < 4.78 is 10.5. The van der Waals surface area contributed by atoms with Crippen LogP contribution < -0.4 is 5.32 Å². The Kier molecular flexibility index (Phi) is 6.58. The maximum atomic E-state index is 5.28. The van der Waals surface area contributed by atoms with Gasteiger partial charge in [0.25, 0.3) is 5.17 Å². The average molecular weight is 263 g/mol. The van der Waals surface area contributed by atoms with E-state index in [1.165, 1.54) is 0 Å². The predicted molar refractivity (Wildman–Crippen MR) is 77.1 cm³/mol. The SMILES string of the molecule is C=CC(=C)OCCOC(=S)NCc1ccccc1. The van der Waals surface area contributed by atoms with E-state index in [0.717, 1.165) is 5.56 Å². The summed E-state index contributed by atoms with van der Waals surface area (Å²) in [7, 11) is 0. The fourth-order valence-corrected chi connectivity index (χ4v) is 1.34. The summed E-state index contributed by atoms with van der Waals surface area (Å²) in [6, 6.07) is 9.98. The normalized spacial score (nSPS) is 9.33. The van der Waals surface area contributed by atoms with Gasteiger partial charge in [0.2, 0.25) is 0 Å². The monoisotopic (exact) mass is 263 g/mol. The summed E-state index contributed by atoms with van der Waals surface area (Å²) in [6.07, 6.45) is 1.55. The van der Waals surface area contributed by atoms with Crippen molar-refractivity contribution in [3.05, 3.63) is 60.9 Å². The molecule has 0 heterocycles. The van der Waals surface area contributed by atoms with Crippen LogP contribution in [0.25, 0.3) is 0 Å². The summed E-state index contributed by atoms with van der Waals surface area (Å²) in [5.74, 6) is 0.529. The molecule has 0 saturated heterocycles. The van der Waals surface area contributed by atoms with E-state index >= 15 is 0 Å². The second kappa shape index (κ2) is 8.31. The summed E-state index contributed by atoms with van der Waals surface area (Å²) in [5, 5.41) is 3.38. The summed E-state index contributed by atoms with van der Waals surface area (Å²) >= 11 is 5.03. The zero-order valence-electron chi connectivity index (χ0n) is 10.2. The molecule has 1 aromatic rings. The second-order valence-electron chi connectivity index (χ2n) is 3.49. The molecule has 4 heteroatoms. The Bertz CT molecular complexity index is 404. The molecule has 0 spiro atoms. The van der Waals surface area contributed by atoms with Crippen LogP contribution in [0, 0.1) is 0 Å². The van der Waals surface area contributed by atoms with E-state index in [1.54, 1.807) is 6.08 Å². The van der Waals surface area contributed by atoms with E-state index in [4.69, 9.17) is 21.7 Å². The first kappa shape index (κ1) is 14.3. The lowest BCUT2D eigenvalue weighted by Gasteiger charge is -2.10. The quantitative estimate of drug-likeness (QED) is 0.355. The van der Waals surface area contributed by atoms with Crippen LogP contribution >= 0.6 is 12.2 Å². The summed E-state index contributed by atoms with van der Waals surface area (Å²) in [6.45, 7) is 8.59. The molecule has 1 aromatic carbocycles. The molecule has 0 amide bonds. The Morgan fingerprint density at radius 1 is 1.22 bits per heavy atom. The number of thiocarbonyl (C=S) groups is 1. The van der Waals surface area contributed by atoms with E-state index in [1.807, 2.05) is 30.3 Å². The van der Waals surface area contributed by atoms with E-state index < -0.39 is 0 Å². The molecule has 0 aliphatic rings. The predicted octanol–water partition coefficient (Wildman–Crippen LogP) is 2.79. The van der Waals surface area contributed by atoms with Crippen molar-refractivity contribution in [3.8, 4) is 0 Å². The molecule has 0 atom stereocenters. The van der Waals surface area contributed by atoms with Crippen molar-refractivity contribution in [3.63, 3.8) is 0 Å². The maximum Gasteiger partial charge on any atom is 0.257 e. The van der Waals surface area contributed by atoms with Gasteiger partial charge in [0.05, 0.1) is 0 Å². The summed E-state index contributed by atoms with van der Waals surface area (Å²) in [4.78, 5) is 0.